The number of nitrogens with zero attached hydrogens (tertiary/aromatic N) is 1. The lowest BCUT2D eigenvalue weighted by molar-refractivity contribution is 0.0667. The average Bonchev–Trinajstić information content (AvgIpc) is 2.59. The standard InChI is InChI=1S/C15H32N2/c1-5-13(3)17(4)15(12-16)10-7-8-14(6-2)9-11-15/h13-14H,5-12,16H2,1-4H3. The van der Waals surface area contributed by atoms with E-state index in [1.165, 1.54) is 44.9 Å². The minimum Gasteiger partial charge on any atom is -0.329 e. The maximum Gasteiger partial charge on any atom is 0.0331 e. The first-order valence-corrected chi connectivity index (χ1v) is 7.52. The Bertz CT molecular complexity index is 217. The lowest BCUT2D eigenvalue weighted by atomic mass is 9.86. The zero-order valence-electron chi connectivity index (χ0n) is 12.3. The first-order valence-electron chi connectivity index (χ1n) is 7.52. The van der Waals surface area contributed by atoms with Crippen molar-refractivity contribution in [3.8, 4) is 0 Å². The van der Waals surface area contributed by atoms with Gasteiger partial charge < -0.3 is 5.73 Å². The van der Waals surface area contributed by atoms with Gasteiger partial charge in [0.2, 0.25) is 0 Å². The highest BCUT2D eigenvalue weighted by Gasteiger charge is 2.36. The Kier molecular flexibility index (Phi) is 5.94. The topological polar surface area (TPSA) is 29.3 Å². The lowest BCUT2D eigenvalue weighted by Crippen LogP contribution is -2.55. The molecule has 2 N–H and O–H groups in total. The number of nitrogens with two attached hydrogens (primary N) is 1. The van der Waals surface area contributed by atoms with Crippen LogP contribution in [0.15, 0.2) is 0 Å². The summed E-state index contributed by atoms with van der Waals surface area (Å²) in [5.74, 6) is 0.939. The highest BCUT2D eigenvalue weighted by atomic mass is 15.2. The molecule has 2 heteroatoms. The van der Waals surface area contributed by atoms with Gasteiger partial charge in [0.25, 0.3) is 0 Å². The van der Waals surface area contributed by atoms with E-state index in [2.05, 4.69) is 32.7 Å². The van der Waals surface area contributed by atoms with Gasteiger partial charge in [0.1, 0.15) is 0 Å². The van der Waals surface area contributed by atoms with Crippen molar-refractivity contribution in [2.45, 2.75) is 77.3 Å². The van der Waals surface area contributed by atoms with Crippen LogP contribution in [0.2, 0.25) is 0 Å². The van der Waals surface area contributed by atoms with Gasteiger partial charge in [-0.15, -0.1) is 0 Å². The zero-order valence-corrected chi connectivity index (χ0v) is 12.3. The van der Waals surface area contributed by atoms with Crippen LogP contribution in [0.1, 0.15) is 65.7 Å². The summed E-state index contributed by atoms with van der Waals surface area (Å²) in [6, 6.07) is 0.650. The van der Waals surface area contributed by atoms with Crippen molar-refractivity contribution >= 4 is 0 Å². The van der Waals surface area contributed by atoms with Crippen LogP contribution in [-0.2, 0) is 0 Å². The minimum atomic E-state index is 0.277. The molecular weight excluding hydrogens is 208 g/mol. The van der Waals surface area contributed by atoms with Crippen LogP contribution < -0.4 is 5.73 Å². The van der Waals surface area contributed by atoms with E-state index in [0.717, 1.165) is 12.5 Å². The Morgan fingerprint density at radius 1 is 1.29 bits per heavy atom. The number of rotatable bonds is 5. The molecule has 3 atom stereocenters. The molecule has 0 amide bonds. The summed E-state index contributed by atoms with van der Waals surface area (Å²) < 4.78 is 0. The lowest BCUT2D eigenvalue weighted by Gasteiger charge is -2.44. The number of hydrogen-bond donors (Lipinski definition) is 1. The second-order valence-corrected chi connectivity index (χ2v) is 6.00. The molecule has 1 aliphatic rings. The monoisotopic (exact) mass is 240 g/mol. The second kappa shape index (κ2) is 6.75. The van der Waals surface area contributed by atoms with Gasteiger partial charge in [-0.3, -0.25) is 4.90 Å². The van der Waals surface area contributed by atoms with Crippen LogP contribution in [0.25, 0.3) is 0 Å². The summed E-state index contributed by atoms with van der Waals surface area (Å²) in [5.41, 5.74) is 6.42. The zero-order chi connectivity index (χ0) is 12.9. The van der Waals surface area contributed by atoms with E-state index in [-0.39, 0.29) is 5.54 Å². The molecule has 102 valence electrons. The third kappa shape index (κ3) is 3.45. The van der Waals surface area contributed by atoms with Crippen LogP contribution in [0.4, 0.5) is 0 Å². The summed E-state index contributed by atoms with van der Waals surface area (Å²) in [4.78, 5) is 2.57. The predicted molar refractivity (Wildman–Crippen MR) is 76.2 cm³/mol. The first-order chi connectivity index (χ1) is 8.09. The third-order valence-corrected chi connectivity index (χ3v) is 5.23. The van der Waals surface area contributed by atoms with E-state index in [9.17, 15) is 0 Å². The van der Waals surface area contributed by atoms with Crippen molar-refractivity contribution in [1.29, 1.82) is 0 Å². The molecule has 0 aromatic rings. The molecule has 1 rings (SSSR count). The molecule has 0 bridgehead atoms. The normalized spacial score (nSPS) is 32.5. The molecule has 3 unspecified atom stereocenters. The van der Waals surface area contributed by atoms with Gasteiger partial charge in [0.05, 0.1) is 0 Å². The summed E-state index contributed by atoms with van der Waals surface area (Å²) >= 11 is 0. The summed E-state index contributed by atoms with van der Waals surface area (Å²) in [6.45, 7) is 7.76. The van der Waals surface area contributed by atoms with E-state index in [1.54, 1.807) is 0 Å². The molecule has 0 aliphatic heterocycles. The van der Waals surface area contributed by atoms with Gasteiger partial charge in [-0.25, -0.2) is 0 Å². The number of likely N-dealkylation sites (N-methyl/N-ethyl adjacent to an activating group) is 1. The van der Waals surface area contributed by atoms with Crippen LogP contribution in [-0.4, -0.2) is 30.1 Å². The molecule has 1 saturated carbocycles. The van der Waals surface area contributed by atoms with Crippen molar-refractivity contribution in [3.05, 3.63) is 0 Å². The Morgan fingerprint density at radius 2 is 2.00 bits per heavy atom. The predicted octanol–water partition coefficient (Wildman–Crippen LogP) is 3.40. The fraction of sp³-hybridized carbons (Fsp3) is 1.00. The Hall–Kier alpha value is -0.0800. The highest BCUT2D eigenvalue weighted by Crippen LogP contribution is 2.36. The fourth-order valence-electron chi connectivity index (χ4n) is 3.31. The average molecular weight is 240 g/mol. The van der Waals surface area contributed by atoms with Crippen LogP contribution in [0.5, 0.6) is 0 Å². The van der Waals surface area contributed by atoms with Crippen molar-refractivity contribution in [1.82, 2.24) is 4.90 Å². The van der Waals surface area contributed by atoms with Crippen LogP contribution in [0, 0.1) is 5.92 Å². The Labute approximate surface area is 108 Å². The van der Waals surface area contributed by atoms with E-state index in [0.29, 0.717) is 6.04 Å². The van der Waals surface area contributed by atoms with Crippen molar-refractivity contribution in [2.24, 2.45) is 11.7 Å². The van der Waals surface area contributed by atoms with E-state index in [1.807, 2.05) is 0 Å². The summed E-state index contributed by atoms with van der Waals surface area (Å²) in [5, 5.41) is 0. The number of hydrogen-bond acceptors (Lipinski definition) is 2. The van der Waals surface area contributed by atoms with Gasteiger partial charge >= 0.3 is 0 Å². The molecule has 0 heterocycles. The molecule has 17 heavy (non-hydrogen) atoms. The SMILES string of the molecule is CCC1CCCC(CN)(N(C)C(C)CC)CC1. The Morgan fingerprint density at radius 3 is 2.53 bits per heavy atom. The summed E-state index contributed by atoms with van der Waals surface area (Å²) in [7, 11) is 2.29. The first kappa shape index (κ1) is 15.0. The highest BCUT2D eigenvalue weighted by molar-refractivity contribution is 4.94. The van der Waals surface area contributed by atoms with Crippen LogP contribution in [0.3, 0.4) is 0 Å². The molecule has 0 aromatic heterocycles. The fourth-order valence-corrected chi connectivity index (χ4v) is 3.31. The van der Waals surface area contributed by atoms with Crippen LogP contribution >= 0.6 is 0 Å². The van der Waals surface area contributed by atoms with Gasteiger partial charge in [-0.1, -0.05) is 33.1 Å². The largest absolute Gasteiger partial charge is 0.329 e. The Balaban J connectivity index is 2.73. The third-order valence-electron chi connectivity index (χ3n) is 5.23. The summed E-state index contributed by atoms with van der Waals surface area (Å²) in [6.07, 6.45) is 9.28. The quantitative estimate of drug-likeness (QED) is 0.746. The van der Waals surface area contributed by atoms with Gasteiger partial charge in [0.15, 0.2) is 0 Å². The second-order valence-electron chi connectivity index (χ2n) is 6.00. The van der Waals surface area contributed by atoms with Gasteiger partial charge in [0, 0.05) is 18.1 Å². The smallest absolute Gasteiger partial charge is 0.0331 e. The molecule has 0 radical (unpaired) electrons. The van der Waals surface area contributed by atoms with E-state index >= 15 is 0 Å². The molecular formula is C15H32N2. The molecule has 1 fully saturated rings. The van der Waals surface area contributed by atoms with Crippen molar-refractivity contribution in [3.63, 3.8) is 0 Å². The van der Waals surface area contributed by atoms with Gasteiger partial charge in [-0.05, 0) is 45.6 Å². The molecule has 2 nitrogen and oxygen atoms in total. The maximum atomic E-state index is 6.15. The molecule has 0 aromatic carbocycles. The van der Waals surface area contributed by atoms with E-state index in [4.69, 9.17) is 5.73 Å². The van der Waals surface area contributed by atoms with E-state index < -0.39 is 0 Å². The minimum absolute atomic E-state index is 0.277. The maximum absolute atomic E-state index is 6.15. The molecule has 0 saturated heterocycles. The van der Waals surface area contributed by atoms with Gasteiger partial charge in [-0.2, -0.15) is 0 Å². The van der Waals surface area contributed by atoms with Crippen molar-refractivity contribution < 1.29 is 0 Å². The molecule has 0 spiro atoms. The molecule has 1 aliphatic carbocycles. The van der Waals surface area contributed by atoms with Crippen molar-refractivity contribution in [2.75, 3.05) is 13.6 Å².